The first kappa shape index (κ1) is 32.7. The number of hydrogen-bond acceptors (Lipinski definition) is 10. The smallest absolute Gasteiger partial charge is 0.413 e. The number of aryl methyl sites for hydroxylation is 4. The zero-order chi connectivity index (χ0) is 33.1. The van der Waals surface area contributed by atoms with E-state index in [4.69, 9.17) is 15.2 Å². The van der Waals surface area contributed by atoms with E-state index in [0.717, 1.165) is 0 Å². The molecule has 0 aliphatic rings. The molecule has 0 saturated carbocycles. The summed E-state index contributed by atoms with van der Waals surface area (Å²) in [7, 11) is 8.46. The molecule has 0 radical (unpaired) electrons. The molecule has 0 aromatic carbocycles. The van der Waals surface area contributed by atoms with Crippen LogP contribution in [0.1, 0.15) is 59.9 Å². The number of aromatic nitrogens is 6. The van der Waals surface area contributed by atoms with Crippen molar-refractivity contribution in [2.24, 2.45) is 33.9 Å². The molecule has 242 valence electrons. The number of anilines is 5. The Morgan fingerprint density at radius 1 is 0.867 bits per heavy atom. The summed E-state index contributed by atoms with van der Waals surface area (Å²) in [5, 5.41) is 11.9. The second-order valence-electron chi connectivity index (χ2n) is 11.6. The number of nitrogens with two attached hydrogens (primary N) is 1. The number of methoxy groups -OCH3 is 1. The molecule has 0 bridgehead atoms. The molecule has 4 heterocycles. The maximum atomic E-state index is 13.0. The van der Waals surface area contributed by atoms with Crippen molar-refractivity contribution < 1.29 is 23.9 Å². The number of rotatable bonds is 11. The first-order chi connectivity index (χ1) is 21.1. The molecule has 16 heteroatoms. The third-order valence-electron chi connectivity index (χ3n) is 6.67. The molecule has 2 amide bonds. The third-order valence-corrected chi connectivity index (χ3v) is 6.67. The standard InChI is InChI=1S/C29H41N11O5/c1-29(2,3)45-28(43)36-23-16-40(7)27(35-23)33-17-11-21(37(4)13-17)24(41)31-10-9-19(30)20-15-39(6)26(34-20)32-18-12-22(25(42)44-8)38(5)14-18/h11-16,19H,9-10,30H2,1-8H3,(H,31,41)(H,32,34)(H,33,35)(H,36,43). The summed E-state index contributed by atoms with van der Waals surface area (Å²) in [6.07, 6.45) is 6.84. The minimum absolute atomic E-state index is 0.265. The van der Waals surface area contributed by atoms with Gasteiger partial charge >= 0.3 is 12.1 Å². The largest absolute Gasteiger partial charge is 0.464 e. The summed E-state index contributed by atoms with van der Waals surface area (Å²) in [5.74, 6) is 0.636. The van der Waals surface area contributed by atoms with E-state index in [0.29, 0.717) is 59.1 Å². The maximum absolute atomic E-state index is 13.0. The molecule has 16 nitrogen and oxygen atoms in total. The molecule has 4 rings (SSSR count). The summed E-state index contributed by atoms with van der Waals surface area (Å²) in [6.45, 7) is 5.67. The summed E-state index contributed by atoms with van der Waals surface area (Å²) in [5.41, 5.74) is 8.58. The van der Waals surface area contributed by atoms with Crippen molar-refractivity contribution in [3.8, 4) is 0 Å². The normalized spacial score (nSPS) is 12.0. The van der Waals surface area contributed by atoms with Crippen LogP contribution in [0.5, 0.6) is 0 Å². The summed E-state index contributed by atoms with van der Waals surface area (Å²) < 4.78 is 16.9. The lowest BCUT2D eigenvalue weighted by Crippen LogP contribution is -2.28. The lowest BCUT2D eigenvalue weighted by molar-refractivity contribution is 0.0587. The highest BCUT2D eigenvalue weighted by atomic mass is 16.6. The Labute approximate surface area is 260 Å². The van der Waals surface area contributed by atoms with Crippen LogP contribution >= 0.6 is 0 Å². The van der Waals surface area contributed by atoms with Crippen molar-refractivity contribution >= 4 is 47.1 Å². The highest BCUT2D eigenvalue weighted by Gasteiger charge is 2.19. The van der Waals surface area contributed by atoms with Crippen LogP contribution in [0.25, 0.3) is 0 Å². The monoisotopic (exact) mass is 623 g/mol. The van der Waals surface area contributed by atoms with Crippen molar-refractivity contribution in [3.05, 3.63) is 54.0 Å². The van der Waals surface area contributed by atoms with Gasteiger partial charge in [-0.1, -0.05) is 0 Å². The second kappa shape index (κ2) is 13.2. The minimum Gasteiger partial charge on any atom is -0.464 e. The molecule has 0 aliphatic heterocycles. The number of nitrogens with one attached hydrogen (secondary N) is 4. The van der Waals surface area contributed by atoms with E-state index in [1.807, 2.05) is 13.2 Å². The van der Waals surface area contributed by atoms with E-state index in [1.54, 1.807) is 90.9 Å². The van der Waals surface area contributed by atoms with Gasteiger partial charge in [-0.25, -0.2) is 14.6 Å². The number of ether oxygens (including phenoxy) is 2. The Kier molecular flexibility index (Phi) is 9.56. The van der Waals surface area contributed by atoms with Crippen LogP contribution in [0.4, 0.5) is 33.9 Å². The van der Waals surface area contributed by atoms with E-state index >= 15 is 0 Å². The average molecular weight is 624 g/mol. The van der Waals surface area contributed by atoms with Gasteiger partial charge in [0.1, 0.15) is 17.0 Å². The lowest BCUT2D eigenvalue weighted by atomic mass is 10.1. The van der Waals surface area contributed by atoms with Crippen molar-refractivity contribution in [1.82, 2.24) is 33.6 Å². The number of hydrogen-bond donors (Lipinski definition) is 5. The predicted octanol–water partition coefficient (Wildman–Crippen LogP) is 3.27. The topological polar surface area (TPSA) is 189 Å². The Balaban J connectivity index is 1.30. The van der Waals surface area contributed by atoms with Crippen LogP contribution in [0, 0.1) is 0 Å². The van der Waals surface area contributed by atoms with E-state index in [1.165, 1.54) is 7.11 Å². The lowest BCUT2D eigenvalue weighted by Gasteiger charge is -2.18. The van der Waals surface area contributed by atoms with Crippen LogP contribution in [0.3, 0.4) is 0 Å². The Hall–Kier alpha value is -5.25. The molecule has 0 saturated heterocycles. The summed E-state index contributed by atoms with van der Waals surface area (Å²) >= 11 is 0. The molecular formula is C29H41N11O5. The summed E-state index contributed by atoms with van der Waals surface area (Å²) in [4.78, 5) is 45.9. The number of esters is 1. The van der Waals surface area contributed by atoms with Gasteiger partial charge in [0, 0.05) is 59.5 Å². The van der Waals surface area contributed by atoms with E-state index in [-0.39, 0.29) is 5.91 Å². The van der Waals surface area contributed by atoms with Crippen molar-refractivity contribution in [2.45, 2.75) is 38.8 Å². The van der Waals surface area contributed by atoms with Gasteiger partial charge < -0.3 is 49.4 Å². The van der Waals surface area contributed by atoms with Gasteiger partial charge in [-0.15, -0.1) is 0 Å². The van der Waals surface area contributed by atoms with E-state index < -0.39 is 23.7 Å². The fourth-order valence-electron chi connectivity index (χ4n) is 4.47. The van der Waals surface area contributed by atoms with E-state index in [9.17, 15) is 14.4 Å². The predicted molar refractivity (Wildman–Crippen MR) is 169 cm³/mol. The molecule has 1 atom stereocenters. The van der Waals surface area contributed by atoms with Gasteiger partial charge in [0.2, 0.25) is 11.9 Å². The molecule has 0 fully saturated rings. The Morgan fingerprint density at radius 2 is 1.44 bits per heavy atom. The van der Waals surface area contributed by atoms with Crippen molar-refractivity contribution in [2.75, 3.05) is 29.6 Å². The quantitative estimate of drug-likeness (QED) is 0.155. The highest BCUT2D eigenvalue weighted by molar-refractivity contribution is 5.94. The number of nitrogens with zero attached hydrogens (tertiary/aromatic N) is 6. The van der Waals surface area contributed by atoms with Crippen molar-refractivity contribution in [1.29, 1.82) is 0 Å². The molecule has 0 aliphatic carbocycles. The van der Waals surface area contributed by atoms with E-state index in [2.05, 4.69) is 31.2 Å². The number of amides is 2. The van der Waals surface area contributed by atoms with Crippen LogP contribution in [0.2, 0.25) is 0 Å². The second-order valence-corrected chi connectivity index (χ2v) is 11.6. The molecular weight excluding hydrogens is 582 g/mol. The number of imidazole rings is 2. The van der Waals surface area contributed by atoms with Crippen molar-refractivity contribution in [3.63, 3.8) is 0 Å². The molecule has 6 N–H and O–H groups in total. The van der Waals surface area contributed by atoms with Crippen LogP contribution < -0.4 is 27.0 Å². The summed E-state index contributed by atoms with van der Waals surface area (Å²) in [6, 6.07) is 2.96. The van der Waals surface area contributed by atoms with Crippen LogP contribution in [0.15, 0.2) is 36.9 Å². The fourth-order valence-corrected chi connectivity index (χ4v) is 4.47. The molecule has 4 aromatic rings. The van der Waals surface area contributed by atoms with Crippen LogP contribution in [-0.2, 0) is 37.7 Å². The number of carbonyl (C=O) groups is 3. The molecule has 1 unspecified atom stereocenters. The highest BCUT2D eigenvalue weighted by Crippen LogP contribution is 2.23. The first-order valence-corrected chi connectivity index (χ1v) is 14.2. The maximum Gasteiger partial charge on any atom is 0.413 e. The average Bonchev–Trinajstić information content (AvgIpc) is 3.69. The van der Waals surface area contributed by atoms with Gasteiger partial charge in [0.15, 0.2) is 5.82 Å². The SMILES string of the molecule is COC(=O)c1cc(Nc2nc(C(N)CCNC(=O)c3cc(Nc4nc(NC(=O)OC(C)(C)C)cn4C)cn3C)cn2C)cn1C. The fraction of sp³-hybridized carbons (Fsp3) is 0.414. The van der Waals surface area contributed by atoms with Gasteiger partial charge in [-0.2, -0.15) is 4.98 Å². The molecule has 45 heavy (non-hydrogen) atoms. The minimum atomic E-state index is -0.631. The van der Waals surface area contributed by atoms with Gasteiger partial charge in [0.25, 0.3) is 5.91 Å². The Bertz CT molecular complexity index is 1690. The van der Waals surface area contributed by atoms with Gasteiger partial charge in [-0.05, 0) is 39.3 Å². The van der Waals surface area contributed by atoms with Crippen LogP contribution in [-0.4, -0.2) is 65.5 Å². The third kappa shape index (κ3) is 8.23. The van der Waals surface area contributed by atoms with Gasteiger partial charge in [-0.3, -0.25) is 10.1 Å². The zero-order valence-electron chi connectivity index (χ0n) is 26.8. The zero-order valence-corrected chi connectivity index (χ0v) is 26.8. The Morgan fingerprint density at radius 3 is 2.07 bits per heavy atom. The molecule has 0 spiro atoms. The van der Waals surface area contributed by atoms with Gasteiger partial charge in [0.05, 0.1) is 30.2 Å². The first-order valence-electron chi connectivity index (χ1n) is 14.2. The molecule has 4 aromatic heterocycles. The number of carbonyl (C=O) groups excluding carboxylic acids is 3.